The molecule has 1 amide bonds. The van der Waals surface area contributed by atoms with Crippen molar-refractivity contribution in [2.75, 3.05) is 12.0 Å². The second-order valence-corrected chi connectivity index (χ2v) is 4.07. The van der Waals surface area contributed by atoms with Crippen molar-refractivity contribution in [1.82, 2.24) is 0 Å². The minimum Gasteiger partial charge on any atom is -0.452 e. The Labute approximate surface area is 124 Å². The third kappa shape index (κ3) is 3.43. The maximum Gasteiger partial charge on any atom is 0.426 e. The molecule has 0 radical (unpaired) electrons. The van der Waals surface area contributed by atoms with E-state index in [2.05, 4.69) is 22.6 Å². The van der Waals surface area contributed by atoms with Gasteiger partial charge in [0, 0.05) is 17.2 Å². The molecule has 0 atom stereocenters. The molecule has 0 aliphatic rings. The Morgan fingerprint density at radius 2 is 1.71 bits per heavy atom. The number of benzene rings is 2. The van der Waals surface area contributed by atoms with Gasteiger partial charge in [-0.1, -0.05) is 48.6 Å². The van der Waals surface area contributed by atoms with Crippen LogP contribution >= 0.6 is 0 Å². The predicted molar refractivity (Wildman–Crippen MR) is 82.6 cm³/mol. The third-order valence-electron chi connectivity index (χ3n) is 2.75. The molecule has 102 valence electrons. The average molecular weight is 275 g/mol. The summed E-state index contributed by atoms with van der Waals surface area (Å²) in [5, 5.41) is 0. The Hall–Kier alpha value is -3.17. The van der Waals surface area contributed by atoms with E-state index in [1.54, 1.807) is 18.2 Å². The standard InChI is InChI=1S/C18H13NO2/c1-3-19(18(20)21-2)17-12-8-7-11-16(17)14-13-15-9-5-4-6-10-15/h1,4-12H,2H3. The number of methoxy groups -OCH3 is 1. The van der Waals surface area contributed by atoms with E-state index in [-0.39, 0.29) is 0 Å². The highest BCUT2D eigenvalue weighted by Crippen LogP contribution is 2.19. The monoisotopic (exact) mass is 275 g/mol. The van der Waals surface area contributed by atoms with E-state index in [1.807, 2.05) is 36.4 Å². The lowest BCUT2D eigenvalue weighted by Gasteiger charge is -2.15. The highest BCUT2D eigenvalue weighted by molar-refractivity contribution is 5.92. The molecule has 0 aliphatic heterocycles. The molecule has 3 nitrogen and oxygen atoms in total. The predicted octanol–water partition coefficient (Wildman–Crippen LogP) is 3.25. The Morgan fingerprint density at radius 1 is 1.05 bits per heavy atom. The van der Waals surface area contributed by atoms with Gasteiger partial charge in [0.05, 0.1) is 12.8 Å². The van der Waals surface area contributed by atoms with Gasteiger partial charge in [-0.15, -0.1) is 0 Å². The van der Waals surface area contributed by atoms with Gasteiger partial charge in [0.15, 0.2) is 0 Å². The van der Waals surface area contributed by atoms with Gasteiger partial charge in [-0.25, -0.2) is 9.69 Å². The van der Waals surface area contributed by atoms with Crippen molar-refractivity contribution >= 4 is 11.8 Å². The molecule has 21 heavy (non-hydrogen) atoms. The lowest BCUT2D eigenvalue weighted by molar-refractivity contribution is 0.182. The van der Waals surface area contributed by atoms with Gasteiger partial charge in [-0.2, -0.15) is 0 Å². The number of nitrogens with zero attached hydrogens (tertiary/aromatic N) is 1. The van der Waals surface area contributed by atoms with Crippen molar-refractivity contribution < 1.29 is 9.53 Å². The summed E-state index contributed by atoms with van der Waals surface area (Å²) in [6.07, 6.45) is 4.77. The summed E-state index contributed by atoms with van der Waals surface area (Å²) in [5.41, 5.74) is 2.07. The SMILES string of the molecule is C#CN(C(=O)OC)c1ccccc1C#Cc1ccccc1. The average Bonchev–Trinajstić information content (AvgIpc) is 2.55. The molecule has 0 unspecified atom stereocenters. The zero-order valence-electron chi connectivity index (χ0n) is 11.5. The van der Waals surface area contributed by atoms with E-state index in [9.17, 15) is 4.79 Å². The van der Waals surface area contributed by atoms with Crippen molar-refractivity contribution in [3.05, 3.63) is 65.7 Å². The summed E-state index contributed by atoms with van der Waals surface area (Å²) in [6.45, 7) is 0. The van der Waals surface area contributed by atoms with Gasteiger partial charge in [-0.3, -0.25) is 0 Å². The second-order valence-electron chi connectivity index (χ2n) is 4.07. The maximum absolute atomic E-state index is 11.7. The molecule has 3 heteroatoms. The number of para-hydroxylation sites is 1. The molecule has 0 spiro atoms. The van der Waals surface area contributed by atoms with Gasteiger partial charge in [0.2, 0.25) is 0 Å². The minimum atomic E-state index is -0.619. The summed E-state index contributed by atoms with van der Waals surface area (Å²) in [5.74, 6) is 6.07. The molecular formula is C18H13NO2. The molecule has 0 fully saturated rings. The van der Waals surface area contributed by atoms with E-state index in [0.717, 1.165) is 10.5 Å². The molecule has 0 N–H and O–H groups in total. The van der Waals surface area contributed by atoms with Crippen LogP contribution in [0.3, 0.4) is 0 Å². The fourth-order valence-corrected chi connectivity index (χ4v) is 1.75. The number of anilines is 1. The van der Waals surface area contributed by atoms with Crippen LogP contribution in [0.1, 0.15) is 11.1 Å². The second kappa shape index (κ2) is 6.84. The quantitative estimate of drug-likeness (QED) is 0.590. The maximum atomic E-state index is 11.7. The Kier molecular flexibility index (Phi) is 4.64. The van der Waals surface area contributed by atoms with Crippen LogP contribution in [0.15, 0.2) is 54.6 Å². The molecule has 0 heterocycles. The van der Waals surface area contributed by atoms with Crippen molar-refractivity contribution in [2.45, 2.75) is 0 Å². The van der Waals surface area contributed by atoms with E-state index in [4.69, 9.17) is 6.42 Å². The van der Waals surface area contributed by atoms with Gasteiger partial charge in [0.1, 0.15) is 0 Å². The van der Waals surface area contributed by atoms with Crippen LogP contribution in [-0.4, -0.2) is 13.2 Å². The largest absolute Gasteiger partial charge is 0.452 e. The number of terminal acetylenes is 1. The molecule has 0 aliphatic carbocycles. The highest BCUT2D eigenvalue weighted by atomic mass is 16.5. The van der Waals surface area contributed by atoms with Crippen molar-refractivity contribution in [2.24, 2.45) is 0 Å². The van der Waals surface area contributed by atoms with Crippen LogP contribution in [0.2, 0.25) is 0 Å². The third-order valence-corrected chi connectivity index (χ3v) is 2.75. The zero-order chi connectivity index (χ0) is 15.1. The Morgan fingerprint density at radius 3 is 2.38 bits per heavy atom. The summed E-state index contributed by atoms with van der Waals surface area (Å²) >= 11 is 0. The zero-order valence-corrected chi connectivity index (χ0v) is 11.5. The molecule has 2 aromatic carbocycles. The Balaban J connectivity index is 2.41. The number of amides is 1. The van der Waals surface area contributed by atoms with Gasteiger partial charge < -0.3 is 4.74 Å². The summed E-state index contributed by atoms with van der Waals surface area (Å²) in [7, 11) is 1.28. The van der Waals surface area contributed by atoms with E-state index < -0.39 is 6.09 Å². The van der Waals surface area contributed by atoms with E-state index in [0.29, 0.717) is 11.3 Å². The topological polar surface area (TPSA) is 29.5 Å². The van der Waals surface area contributed by atoms with Crippen LogP contribution < -0.4 is 4.90 Å². The molecular weight excluding hydrogens is 262 g/mol. The lowest BCUT2D eigenvalue weighted by Crippen LogP contribution is -2.26. The number of carbonyl (C=O) groups excluding carboxylic acids is 1. The summed E-state index contributed by atoms with van der Waals surface area (Å²) in [6, 6.07) is 19.0. The van der Waals surface area contributed by atoms with E-state index in [1.165, 1.54) is 7.11 Å². The van der Waals surface area contributed by atoms with Gasteiger partial charge >= 0.3 is 6.09 Å². The fraction of sp³-hybridized carbons (Fsp3) is 0.0556. The molecule has 0 bridgehead atoms. The molecule has 2 aromatic rings. The van der Waals surface area contributed by atoms with E-state index >= 15 is 0 Å². The first-order chi connectivity index (χ1) is 10.3. The number of hydrogen-bond acceptors (Lipinski definition) is 2. The fourth-order valence-electron chi connectivity index (χ4n) is 1.75. The molecule has 2 rings (SSSR count). The number of ether oxygens (including phenoxy) is 1. The van der Waals surface area contributed by atoms with Crippen molar-refractivity contribution in [3.8, 4) is 24.3 Å². The van der Waals surface area contributed by atoms with Gasteiger partial charge in [0.25, 0.3) is 0 Å². The first kappa shape index (κ1) is 14.2. The number of rotatable bonds is 1. The van der Waals surface area contributed by atoms with Crippen molar-refractivity contribution in [1.29, 1.82) is 0 Å². The molecule has 0 aromatic heterocycles. The van der Waals surface area contributed by atoms with Crippen LogP contribution in [0.25, 0.3) is 0 Å². The number of hydrogen-bond donors (Lipinski definition) is 0. The highest BCUT2D eigenvalue weighted by Gasteiger charge is 2.16. The molecule has 0 saturated carbocycles. The van der Waals surface area contributed by atoms with Crippen LogP contribution in [0, 0.1) is 24.3 Å². The van der Waals surface area contributed by atoms with Crippen LogP contribution in [0.4, 0.5) is 10.5 Å². The number of carbonyl (C=O) groups is 1. The first-order valence-electron chi connectivity index (χ1n) is 6.26. The molecule has 0 saturated heterocycles. The Bertz CT molecular complexity index is 733. The normalized spacial score (nSPS) is 8.95. The van der Waals surface area contributed by atoms with Crippen LogP contribution in [-0.2, 0) is 4.74 Å². The summed E-state index contributed by atoms with van der Waals surface area (Å²) in [4.78, 5) is 12.8. The van der Waals surface area contributed by atoms with Gasteiger partial charge in [-0.05, 0) is 24.3 Å². The van der Waals surface area contributed by atoms with Crippen molar-refractivity contribution in [3.63, 3.8) is 0 Å². The van der Waals surface area contributed by atoms with Crippen LogP contribution in [0.5, 0.6) is 0 Å². The lowest BCUT2D eigenvalue weighted by atomic mass is 10.1. The minimum absolute atomic E-state index is 0.523. The smallest absolute Gasteiger partial charge is 0.426 e. The summed E-state index contributed by atoms with van der Waals surface area (Å²) < 4.78 is 4.67. The first-order valence-corrected chi connectivity index (χ1v) is 6.26.